The van der Waals surface area contributed by atoms with Gasteiger partial charge in [-0.25, -0.2) is 0 Å². The summed E-state index contributed by atoms with van der Waals surface area (Å²) in [5, 5.41) is 2.88. The van der Waals surface area contributed by atoms with Gasteiger partial charge in [0.15, 0.2) is 13.1 Å². The summed E-state index contributed by atoms with van der Waals surface area (Å²) >= 11 is 0. The molecule has 2 aromatic rings. The molecule has 1 aliphatic rings. The van der Waals surface area contributed by atoms with Gasteiger partial charge in [-0.05, 0) is 36.6 Å². The van der Waals surface area contributed by atoms with Crippen LogP contribution in [-0.4, -0.2) is 43.4 Å². The van der Waals surface area contributed by atoms with Crippen LogP contribution >= 0.6 is 0 Å². The Kier molecular flexibility index (Phi) is 5.68. The predicted octanol–water partition coefficient (Wildman–Crippen LogP) is 1.03. The number of nitrogens with zero attached hydrogens (tertiary/aromatic N) is 1. The molecule has 0 aromatic heterocycles. The normalized spacial score (nSPS) is 14.5. The van der Waals surface area contributed by atoms with Gasteiger partial charge in [0.25, 0.3) is 11.8 Å². The average Bonchev–Trinajstić information content (AvgIpc) is 2.63. The van der Waals surface area contributed by atoms with E-state index < -0.39 is 0 Å². The van der Waals surface area contributed by atoms with Crippen molar-refractivity contribution in [2.45, 2.75) is 19.9 Å². The van der Waals surface area contributed by atoms with Crippen molar-refractivity contribution in [1.82, 2.24) is 4.90 Å². The highest BCUT2D eigenvalue weighted by Crippen LogP contribution is 2.18. The minimum atomic E-state index is -0.0804. The van der Waals surface area contributed by atoms with Crippen LogP contribution in [-0.2, 0) is 22.6 Å². The number of likely N-dealkylation sites (N-methyl/N-ethyl adjacent to an activating group) is 1. The number of nitrogens with one attached hydrogen (secondary N) is 2. The summed E-state index contributed by atoms with van der Waals surface area (Å²) < 4.78 is 0. The Hall–Kier alpha value is -2.66. The van der Waals surface area contributed by atoms with E-state index in [1.165, 1.54) is 11.1 Å². The highest BCUT2D eigenvalue weighted by atomic mass is 16.2. The molecule has 1 unspecified atom stereocenters. The Balaban J connectivity index is 1.48. The first-order chi connectivity index (χ1) is 12.5. The van der Waals surface area contributed by atoms with E-state index in [1.807, 2.05) is 55.3 Å². The Morgan fingerprint density at radius 2 is 1.73 bits per heavy atom. The number of rotatable bonds is 5. The molecule has 1 aliphatic heterocycles. The third kappa shape index (κ3) is 4.70. The van der Waals surface area contributed by atoms with Crippen molar-refractivity contribution >= 4 is 17.5 Å². The standard InChI is InChI=1S/C21H25N3O2/c1-16-7-9-19(10-8-16)22-20(25)14-23(2)15-21(26)24-12-11-17-5-3-4-6-18(17)13-24/h3-10H,11-15H2,1-2H3,(H,22,25)/p+1. The third-order valence-corrected chi connectivity index (χ3v) is 4.73. The zero-order valence-electron chi connectivity index (χ0n) is 15.4. The van der Waals surface area contributed by atoms with Crippen molar-refractivity contribution in [2.75, 3.05) is 32.0 Å². The summed E-state index contributed by atoms with van der Waals surface area (Å²) in [5.41, 5.74) is 4.49. The lowest BCUT2D eigenvalue weighted by molar-refractivity contribution is -0.862. The monoisotopic (exact) mass is 352 g/mol. The summed E-state index contributed by atoms with van der Waals surface area (Å²) in [6, 6.07) is 16.0. The van der Waals surface area contributed by atoms with Crippen molar-refractivity contribution in [3.8, 4) is 0 Å². The van der Waals surface area contributed by atoms with Crippen molar-refractivity contribution in [3.63, 3.8) is 0 Å². The van der Waals surface area contributed by atoms with Crippen LogP contribution < -0.4 is 10.2 Å². The number of benzene rings is 2. The van der Waals surface area contributed by atoms with Gasteiger partial charge in [0.05, 0.1) is 7.05 Å². The average molecular weight is 352 g/mol. The second kappa shape index (κ2) is 8.15. The minimum Gasteiger partial charge on any atom is -0.333 e. The van der Waals surface area contributed by atoms with Gasteiger partial charge in [-0.1, -0.05) is 42.0 Å². The van der Waals surface area contributed by atoms with Gasteiger partial charge in [-0.2, -0.15) is 0 Å². The molecule has 2 aromatic carbocycles. The molecule has 2 amide bonds. The maximum absolute atomic E-state index is 12.6. The smallest absolute Gasteiger partial charge is 0.279 e. The lowest BCUT2D eigenvalue weighted by atomic mass is 10.00. The molecule has 26 heavy (non-hydrogen) atoms. The Labute approximate surface area is 154 Å². The predicted molar refractivity (Wildman–Crippen MR) is 102 cm³/mol. The lowest BCUT2D eigenvalue weighted by Gasteiger charge is -2.29. The highest BCUT2D eigenvalue weighted by Gasteiger charge is 2.23. The molecule has 0 saturated carbocycles. The number of anilines is 1. The fourth-order valence-electron chi connectivity index (χ4n) is 3.26. The molecule has 5 heteroatoms. The van der Waals surface area contributed by atoms with Crippen LogP contribution in [0.2, 0.25) is 0 Å². The zero-order valence-corrected chi connectivity index (χ0v) is 15.4. The van der Waals surface area contributed by atoms with E-state index in [1.54, 1.807) is 0 Å². The Morgan fingerprint density at radius 3 is 2.46 bits per heavy atom. The van der Waals surface area contributed by atoms with E-state index >= 15 is 0 Å². The van der Waals surface area contributed by atoms with Crippen molar-refractivity contribution in [1.29, 1.82) is 0 Å². The molecule has 2 N–H and O–H groups in total. The van der Waals surface area contributed by atoms with Crippen molar-refractivity contribution < 1.29 is 14.5 Å². The van der Waals surface area contributed by atoms with Gasteiger partial charge in [0, 0.05) is 18.8 Å². The maximum Gasteiger partial charge on any atom is 0.279 e. The molecular weight excluding hydrogens is 326 g/mol. The quantitative estimate of drug-likeness (QED) is 0.845. The number of quaternary nitrogens is 1. The van der Waals surface area contributed by atoms with Gasteiger partial charge in [-0.15, -0.1) is 0 Å². The zero-order chi connectivity index (χ0) is 18.5. The summed E-state index contributed by atoms with van der Waals surface area (Å²) in [7, 11) is 1.88. The largest absolute Gasteiger partial charge is 0.333 e. The molecule has 0 fully saturated rings. The SMILES string of the molecule is Cc1ccc(NC(=O)C[NH+](C)CC(=O)N2CCc3ccccc3C2)cc1. The second-order valence-corrected chi connectivity index (χ2v) is 7.06. The molecular formula is C21H26N3O2+. The number of amides is 2. The number of carbonyl (C=O) groups is 2. The topological polar surface area (TPSA) is 53.9 Å². The van der Waals surface area contributed by atoms with E-state index in [0.717, 1.165) is 29.1 Å². The van der Waals surface area contributed by atoms with Crippen LogP contribution in [0.5, 0.6) is 0 Å². The molecule has 3 rings (SSSR count). The molecule has 0 bridgehead atoms. The molecule has 136 valence electrons. The number of carbonyl (C=O) groups excluding carboxylic acids is 2. The first-order valence-electron chi connectivity index (χ1n) is 9.03. The van der Waals surface area contributed by atoms with Crippen LogP contribution in [0.25, 0.3) is 0 Å². The Bertz CT molecular complexity index is 786. The molecule has 0 radical (unpaired) electrons. The molecule has 1 atom stereocenters. The number of hydrogen-bond donors (Lipinski definition) is 2. The first kappa shape index (κ1) is 18.1. The van der Waals surface area contributed by atoms with E-state index in [9.17, 15) is 9.59 Å². The van der Waals surface area contributed by atoms with Gasteiger partial charge in [-0.3, -0.25) is 9.59 Å². The summed E-state index contributed by atoms with van der Waals surface area (Å²) in [5.74, 6) is 0.0169. The summed E-state index contributed by atoms with van der Waals surface area (Å²) in [4.78, 5) is 27.5. The van der Waals surface area contributed by atoms with Crippen LogP contribution in [0.4, 0.5) is 5.69 Å². The van der Waals surface area contributed by atoms with Gasteiger partial charge >= 0.3 is 0 Å². The molecule has 0 saturated heterocycles. The van der Waals surface area contributed by atoms with Gasteiger partial charge in [0.1, 0.15) is 0 Å². The van der Waals surface area contributed by atoms with E-state index in [0.29, 0.717) is 13.1 Å². The summed E-state index contributed by atoms with van der Waals surface area (Å²) in [6.07, 6.45) is 0.898. The number of fused-ring (bicyclic) bond motifs is 1. The number of hydrogen-bond acceptors (Lipinski definition) is 2. The number of aryl methyl sites for hydroxylation is 1. The van der Waals surface area contributed by atoms with Gasteiger partial charge < -0.3 is 15.1 Å². The van der Waals surface area contributed by atoms with Gasteiger partial charge in [0.2, 0.25) is 0 Å². The van der Waals surface area contributed by atoms with Crippen molar-refractivity contribution in [2.24, 2.45) is 0 Å². The fourth-order valence-corrected chi connectivity index (χ4v) is 3.26. The highest BCUT2D eigenvalue weighted by molar-refractivity contribution is 5.91. The van der Waals surface area contributed by atoms with E-state index in [2.05, 4.69) is 17.4 Å². The maximum atomic E-state index is 12.6. The van der Waals surface area contributed by atoms with Crippen LogP contribution in [0.15, 0.2) is 48.5 Å². The molecule has 0 aliphatic carbocycles. The third-order valence-electron chi connectivity index (χ3n) is 4.73. The Morgan fingerprint density at radius 1 is 1.04 bits per heavy atom. The first-order valence-corrected chi connectivity index (χ1v) is 9.03. The molecule has 0 spiro atoms. The molecule has 1 heterocycles. The molecule has 5 nitrogen and oxygen atoms in total. The lowest BCUT2D eigenvalue weighted by Crippen LogP contribution is -3.11. The van der Waals surface area contributed by atoms with E-state index in [4.69, 9.17) is 0 Å². The fraction of sp³-hybridized carbons (Fsp3) is 0.333. The van der Waals surface area contributed by atoms with Crippen LogP contribution in [0.3, 0.4) is 0 Å². The van der Waals surface area contributed by atoms with E-state index in [-0.39, 0.29) is 18.4 Å². The second-order valence-electron chi connectivity index (χ2n) is 7.06. The van der Waals surface area contributed by atoms with Crippen LogP contribution in [0.1, 0.15) is 16.7 Å². The van der Waals surface area contributed by atoms with Crippen LogP contribution in [0, 0.1) is 6.92 Å². The summed E-state index contributed by atoms with van der Waals surface area (Å²) in [6.45, 7) is 4.01. The van der Waals surface area contributed by atoms with Crippen molar-refractivity contribution in [3.05, 3.63) is 65.2 Å². The minimum absolute atomic E-state index is 0.0804.